The molecule has 2 fully saturated rings. The van der Waals surface area contributed by atoms with Crippen molar-refractivity contribution in [1.29, 1.82) is 0 Å². The lowest BCUT2D eigenvalue weighted by Gasteiger charge is -2.57. The van der Waals surface area contributed by atoms with Gasteiger partial charge in [0.05, 0.1) is 19.0 Å². The molecule has 3 nitrogen and oxygen atoms in total. The van der Waals surface area contributed by atoms with Crippen LogP contribution >= 0.6 is 0 Å². The fourth-order valence-corrected chi connectivity index (χ4v) is 4.46. The lowest BCUT2D eigenvalue weighted by Crippen LogP contribution is -2.63. The topological polar surface area (TPSA) is 21.7 Å². The molecule has 0 spiro atoms. The molecule has 1 aliphatic carbocycles. The summed E-state index contributed by atoms with van der Waals surface area (Å²) in [5.74, 6) is 2.36. The number of ether oxygens (including phenoxy) is 2. The Bertz CT molecular complexity index is 458. The molecule has 3 aliphatic rings. The highest BCUT2D eigenvalue weighted by atomic mass is 16.5. The van der Waals surface area contributed by atoms with Crippen LogP contribution in [0.2, 0.25) is 0 Å². The van der Waals surface area contributed by atoms with Gasteiger partial charge in [-0.3, -0.25) is 4.90 Å². The van der Waals surface area contributed by atoms with Crippen molar-refractivity contribution in [2.75, 3.05) is 26.3 Å². The van der Waals surface area contributed by atoms with Crippen molar-refractivity contribution >= 4 is 0 Å². The monoisotopic (exact) mass is 291 g/mol. The Morgan fingerprint density at radius 3 is 2.67 bits per heavy atom. The number of hydrogen-bond donors (Lipinski definition) is 0. The fraction of sp³-hybridized carbons (Fsp3) is 0.778. The molecule has 2 aliphatic heterocycles. The Balaban J connectivity index is 2.08. The molecule has 0 radical (unpaired) electrons. The number of morpholine rings is 1. The molecule has 0 amide bonds. The third kappa shape index (κ3) is 2.44. The zero-order valence-corrected chi connectivity index (χ0v) is 13.9. The molecule has 0 aromatic rings. The summed E-state index contributed by atoms with van der Waals surface area (Å²) in [5.41, 5.74) is 2.76. The van der Waals surface area contributed by atoms with Gasteiger partial charge in [-0.2, -0.15) is 0 Å². The summed E-state index contributed by atoms with van der Waals surface area (Å²) in [7, 11) is 0. The maximum absolute atomic E-state index is 6.64. The summed E-state index contributed by atoms with van der Waals surface area (Å²) in [5, 5.41) is 0. The van der Waals surface area contributed by atoms with Crippen LogP contribution in [-0.2, 0) is 9.47 Å². The highest BCUT2D eigenvalue weighted by Crippen LogP contribution is 2.51. The smallest absolute Gasteiger partial charge is 0.188 e. The van der Waals surface area contributed by atoms with Crippen LogP contribution in [-0.4, -0.2) is 36.9 Å². The quantitative estimate of drug-likeness (QED) is 0.687. The van der Waals surface area contributed by atoms with Crippen molar-refractivity contribution in [3.8, 4) is 0 Å². The van der Waals surface area contributed by atoms with E-state index in [0.29, 0.717) is 11.8 Å². The molecular formula is C18H29NO2. The van der Waals surface area contributed by atoms with Crippen molar-refractivity contribution in [3.05, 3.63) is 23.0 Å². The fourth-order valence-electron chi connectivity index (χ4n) is 4.46. The number of nitrogens with zero attached hydrogens (tertiary/aromatic N) is 1. The first-order chi connectivity index (χ1) is 10.1. The van der Waals surface area contributed by atoms with Gasteiger partial charge in [-0.1, -0.05) is 12.5 Å². The largest absolute Gasteiger partial charge is 0.473 e. The van der Waals surface area contributed by atoms with Crippen molar-refractivity contribution in [3.63, 3.8) is 0 Å². The van der Waals surface area contributed by atoms with E-state index in [-0.39, 0.29) is 5.72 Å². The highest BCUT2D eigenvalue weighted by molar-refractivity contribution is 5.29. The molecule has 0 aromatic heterocycles. The van der Waals surface area contributed by atoms with Crippen LogP contribution in [0, 0.1) is 11.8 Å². The van der Waals surface area contributed by atoms with E-state index in [1.807, 2.05) is 0 Å². The first kappa shape index (κ1) is 15.1. The second kappa shape index (κ2) is 5.77. The van der Waals surface area contributed by atoms with Crippen LogP contribution in [0.4, 0.5) is 0 Å². The van der Waals surface area contributed by atoms with Gasteiger partial charge in [0.1, 0.15) is 0 Å². The summed E-state index contributed by atoms with van der Waals surface area (Å²) in [4.78, 5) is 2.57. The van der Waals surface area contributed by atoms with Crippen LogP contribution in [0.5, 0.6) is 0 Å². The lowest BCUT2D eigenvalue weighted by atomic mass is 9.67. The van der Waals surface area contributed by atoms with Crippen LogP contribution in [0.15, 0.2) is 23.0 Å². The third-order valence-electron chi connectivity index (χ3n) is 5.53. The average molecular weight is 291 g/mol. The van der Waals surface area contributed by atoms with Crippen molar-refractivity contribution in [2.24, 2.45) is 11.8 Å². The molecular weight excluding hydrogens is 262 g/mol. The molecule has 0 bridgehead atoms. The Morgan fingerprint density at radius 2 is 2.00 bits per heavy atom. The first-order valence-electron chi connectivity index (χ1n) is 8.41. The molecule has 1 saturated heterocycles. The molecule has 3 atom stereocenters. The summed E-state index contributed by atoms with van der Waals surface area (Å²) in [6.45, 7) is 12.6. The van der Waals surface area contributed by atoms with E-state index in [4.69, 9.17) is 9.47 Å². The van der Waals surface area contributed by atoms with Gasteiger partial charge < -0.3 is 9.47 Å². The van der Waals surface area contributed by atoms with E-state index in [9.17, 15) is 0 Å². The number of fused-ring (bicyclic) bond motifs is 1. The molecule has 0 N–H and O–H groups in total. The molecule has 0 aromatic carbocycles. The Morgan fingerprint density at radius 1 is 1.29 bits per heavy atom. The van der Waals surface area contributed by atoms with Gasteiger partial charge in [-0.25, -0.2) is 0 Å². The second-order valence-electron chi connectivity index (χ2n) is 7.05. The van der Waals surface area contributed by atoms with Crippen LogP contribution in [0.1, 0.15) is 47.0 Å². The second-order valence-corrected chi connectivity index (χ2v) is 7.05. The van der Waals surface area contributed by atoms with Crippen LogP contribution in [0.3, 0.4) is 0 Å². The number of rotatable bonds is 1. The summed E-state index contributed by atoms with van der Waals surface area (Å²) < 4.78 is 12.2. The zero-order chi connectivity index (χ0) is 15.0. The normalized spacial score (nSPS) is 37.5. The van der Waals surface area contributed by atoms with Crippen molar-refractivity contribution in [2.45, 2.75) is 52.7 Å². The van der Waals surface area contributed by atoms with E-state index in [1.54, 1.807) is 0 Å². The maximum atomic E-state index is 6.64. The molecule has 1 unspecified atom stereocenters. The molecule has 2 heterocycles. The SMILES string of the molecule is CC1=CCC2[C@H](C)CCC(=C(C)C)[C@]2(N2CCOCC2)O1. The predicted molar refractivity (Wildman–Crippen MR) is 84.8 cm³/mol. The van der Waals surface area contributed by atoms with Gasteiger partial charge in [0.2, 0.25) is 0 Å². The summed E-state index contributed by atoms with van der Waals surface area (Å²) in [6, 6.07) is 0. The standard InChI is InChI=1S/C18H29NO2/c1-13(2)16-7-5-14(3)17-8-6-15(4)21-18(16,17)19-9-11-20-12-10-19/h6,14,17H,5,7-12H2,1-4H3/t14-,17?,18+/m1/s1. The highest BCUT2D eigenvalue weighted by Gasteiger charge is 2.54. The van der Waals surface area contributed by atoms with Gasteiger partial charge in [-0.15, -0.1) is 0 Å². The lowest BCUT2D eigenvalue weighted by molar-refractivity contribution is -0.189. The van der Waals surface area contributed by atoms with Gasteiger partial charge in [0, 0.05) is 19.0 Å². The minimum absolute atomic E-state index is 0.209. The average Bonchev–Trinajstić information content (AvgIpc) is 2.47. The molecule has 3 rings (SSSR count). The van der Waals surface area contributed by atoms with E-state index in [1.165, 1.54) is 24.0 Å². The number of hydrogen-bond acceptors (Lipinski definition) is 3. The van der Waals surface area contributed by atoms with Gasteiger partial charge in [0.25, 0.3) is 0 Å². The molecule has 3 heteroatoms. The predicted octanol–water partition coefficient (Wildman–Crippen LogP) is 3.72. The minimum Gasteiger partial charge on any atom is -0.473 e. The third-order valence-corrected chi connectivity index (χ3v) is 5.53. The van der Waals surface area contributed by atoms with E-state index >= 15 is 0 Å². The van der Waals surface area contributed by atoms with Crippen LogP contribution in [0.25, 0.3) is 0 Å². The van der Waals surface area contributed by atoms with Crippen molar-refractivity contribution in [1.82, 2.24) is 4.90 Å². The van der Waals surface area contributed by atoms with Crippen molar-refractivity contribution < 1.29 is 9.47 Å². The van der Waals surface area contributed by atoms with Gasteiger partial charge in [-0.05, 0) is 57.6 Å². The number of allylic oxidation sites excluding steroid dienone is 3. The molecule has 21 heavy (non-hydrogen) atoms. The van der Waals surface area contributed by atoms with Gasteiger partial charge >= 0.3 is 0 Å². The van der Waals surface area contributed by atoms with Crippen LogP contribution < -0.4 is 0 Å². The zero-order valence-electron chi connectivity index (χ0n) is 13.9. The Hall–Kier alpha value is -0.800. The summed E-state index contributed by atoms with van der Waals surface area (Å²) >= 11 is 0. The molecule has 118 valence electrons. The van der Waals surface area contributed by atoms with E-state index < -0.39 is 0 Å². The first-order valence-corrected chi connectivity index (χ1v) is 8.41. The minimum atomic E-state index is -0.209. The van der Waals surface area contributed by atoms with E-state index in [0.717, 1.165) is 38.5 Å². The Kier molecular flexibility index (Phi) is 4.15. The van der Waals surface area contributed by atoms with E-state index in [2.05, 4.69) is 38.7 Å². The Labute approximate surface area is 129 Å². The molecule has 1 saturated carbocycles. The maximum Gasteiger partial charge on any atom is 0.188 e. The van der Waals surface area contributed by atoms with Gasteiger partial charge in [0.15, 0.2) is 5.72 Å². The summed E-state index contributed by atoms with van der Waals surface area (Å²) in [6.07, 6.45) is 5.88.